The predicted octanol–water partition coefficient (Wildman–Crippen LogP) is 12.8. The number of hydrogen-bond donors (Lipinski definition) is 0. The van der Waals surface area contributed by atoms with E-state index in [4.69, 9.17) is 25.9 Å². The van der Waals surface area contributed by atoms with Gasteiger partial charge in [-0.2, -0.15) is 0 Å². The predicted molar refractivity (Wildman–Crippen MR) is 243 cm³/mol. The molecule has 0 atom stereocenters. The number of hydrogen-bond acceptors (Lipinski definition) is 6. The molecule has 0 aliphatic rings. The van der Waals surface area contributed by atoms with Crippen LogP contribution in [0.15, 0.2) is 49.1 Å². The zero-order valence-corrected chi connectivity index (χ0v) is 39.5. The zero-order valence-electron chi connectivity index (χ0n) is 37.8. The first-order valence-electron chi connectivity index (χ1n) is 23.6. The van der Waals surface area contributed by atoms with Gasteiger partial charge in [-0.1, -0.05) is 194 Å². The van der Waals surface area contributed by atoms with E-state index < -0.39 is 20.2 Å². The van der Waals surface area contributed by atoms with Crippen LogP contribution in [0.4, 0.5) is 0 Å². The Kier molecular flexibility index (Phi) is 38.0. The monoisotopic (exact) mass is 853 g/mol. The fourth-order valence-electron chi connectivity index (χ4n) is 7.28. The summed E-state index contributed by atoms with van der Waals surface area (Å²) in [6.45, 7) is 6.90. The molecule has 2 rings (SSSR count). The van der Waals surface area contributed by atoms with E-state index in [1.807, 2.05) is 0 Å². The van der Waals surface area contributed by atoms with Gasteiger partial charge in [-0.3, -0.25) is 0 Å². The van der Waals surface area contributed by atoms with Crippen LogP contribution in [0.25, 0.3) is 11.1 Å². The molecule has 0 spiro atoms. The van der Waals surface area contributed by atoms with Gasteiger partial charge in [0.05, 0.1) is 20.2 Å². The lowest BCUT2D eigenvalue weighted by Gasteiger charge is -2.04. The smallest absolute Gasteiger partial charge is 0.169 e. The molecule has 0 bridgehead atoms. The average Bonchev–Trinajstić information content (AvgIpc) is 3.17. The topological polar surface area (TPSA) is 122 Å². The second-order valence-corrected chi connectivity index (χ2v) is 19.5. The van der Waals surface area contributed by atoms with Crippen molar-refractivity contribution >= 4 is 20.2 Å². The van der Waals surface area contributed by atoms with Gasteiger partial charge in [0.15, 0.2) is 24.8 Å². The summed E-state index contributed by atoms with van der Waals surface area (Å²) >= 11 is 0. The van der Waals surface area contributed by atoms with Crippen molar-refractivity contribution in [1.82, 2.24) is 0 Å². The van der Waals surface area contributed by atoms with Gasteiger partial charge in [0.25, 0.3) is 0 Å². The molecule has 0 N–H and O–H groups in total. The number of nitrogens with zero attached hydrogens (tertiary/aromatic N) is 2. The van der Waals surface area contributed by atoms with E-state index in [0.717, 1.165) is 13.1 Å². The van der Waals surface area contributed by atoms with Crippen molar-refractivity contribution < 1.29 is 35.1 Å². The van der Waals surface area contributed by atoms with Gasteiger partial charge in [0.1, 0.15) is 13.1 Å². The van der Waals surface area contributed by atoms with E-state index in [1.165, 1.54) is 217 Å². The van der Waals surface area contributed by atoms with Crippen LogP contribution >= 0.6 is 0 Å². The van der Waals surface area contributed by atoms with Crippen LogP contribution in [0.5, 0.6) is 0 Å². The number of aromatic nitrogens is 2. The van der Waals surface area contributed by atoms with Gasteiger partial charge in [0.2, 0.25) is 0 Å². The summed E-state index contributed by atoms with van der Waals surface area (Å²) in [6.07, 6.45) is 56.1. The first-order valence-corrected chi connectivity index (χ1v) is 27.3. The molecule has 0 aliphatic carbocycles. The van der Waals surface area contributed by atoms with Crippen LogP contribution in [-0.2, 0) is 33.3 Å². The summed E-state index contributed by atoms with van der Waals surface area (Å²) in [4.78, 5) is 0. The van der Waals surface area contributed by atoms with E-state index in [0.29, 0.717) is 12.5 Å². The van der Waals surface area contributed by atoms with E-state index >= 15 is 0 Å². The lowest BCUT2D eigenvalue weighted by Crippen LogP contribution is -2.33. The molecule has 2 aromatic rings. The van der Waals surface area contributed by atoms with Crippen LogP contribution in [0.1, 0.15) is 219 Å². The molecule has 0 radical (unpaired) electrons. The maximum Gasteiger partial charge on any atom is 0.169 e. The highest BCUT2D eigenvalue weighted by Gasteiger charge is 2.06. The number of rotatable bonds is 35. The molecule has 8 nitrogen and oxygen atoms in total. The summed E-state index contributed by atoms with van der Waals surface area (Å²) in [5, 5.41) is 0. The normalized spacial score (nSPS) is 11.5. The Hall–Kier alpha value is -1.88. The minimum Gasteiger partial charge on any atom is -0.748 e. The van der Waals surface area contributed by atoms with Gasteiger partial charge in [-0.15, -0.1) is 0 Å². The molecule has 0 aliphatic heterocycles. The lowest BCUT2D eigenvalue weighted by molar-refractivity contribution is -0.697. The molecule has 2 heterocycles. The van der Waals surface area contributed by atoms with Crippen LogP contribution < -0.4 is 9.13 Å². The fourth-order valence-corrected chi connectivity index (χ4v) is 7.28. The van der Waals surface area contributed by atoms with E-state index in [9.17, 15) is 0 Å². The quantitative estimate of drug-likeness (QED) is 0.0386. The third-order valence-electron chi connectivity index (χ3n) is 10.7. The highest BCUT2D eigenvalue weighted by atomic mass is 32.2. The third kappa shape index (κ3) is 45.2. The minimum atomic E-state index is -3.92. The second-order valence-electron chi connectivity index (χ2n) is 16.7. The Morgan fingerprint density at radius 2 is 0.500 bits per heavy atom. The molecule has 0 fully saturated rings. The third-order valence-corrected chi connectivity index (χ3v) is 10.7. The molecule has 0 saturated carbocycles. The molecule has 0 aromatic carbocycles. The summed E-state index contributed by atoms with van der Waals surface area (Å²) in [5.41, 5.74) is 2.65. The number of aryl methyl sites for hydroxylation is 2. The molecule has 338 valence electrons. The van der Waals surface area contributed by atoms with Crippen molar-refractivity contribution in [1.29, 1.82) is 0 Å². The Bertz CT molecular complexity index is 1260. The van der Waals surface area contributed by atoms with Gasteiger partial charge >= 0.3 is 0 Å². The molecule has 10 heteroatoms. The zero-order chi connectivity index (χ0) is 43.0. The van der Waals surface area contributed by atoms with E-state index in [1.54, 1.807) is 0 Å². The first kappa shape index (κ1) is 56.1. The van der Waals surface area contributed by atoms with Gasteiger partial charge in [0, 0.05) is 49.6 Å². The van der Waals surface area contributed by atoms with E-state index in [-0.39, 0.29) is 0 Å². The summed E-state index contributed by atoms with van der Waals surface area (Å²) < 4.78 is 59.2. The van der Waals surface area contributed by atoms with Gasteiger partial charge < -0.3 is 9.11 Å². The van der Waals surface area contributed by atoms with Crippen molar-refractivity contribution in [3.63, 3.8) is 0 Å². The minimum absolute atomic E-state index is 0.604. The molecule has 2 aromatic heterocycles. The summed E-state index contributed by atoms with van der Waals surface area (Å²) in [6, 6.07) is 9.17. The summed E-state index contributed by atoms with van der Waals surface area (Å²) in [5.74, 6) is 0. The standard InChI is InChI=1S/C46H82N2.2CH4O3S/c1-3-5-7-9-11-13-15-17-19-21-23-25-27-29-31-33-39-47-41-35-45(36-42-47)46-37-43-48(44-38-46)40-34-32-30-28-26-24-22-20-18-16-14-12-10-8-6-4-2;2*1-5(2,3)4/h35-38,41-44H,3-34,39-40H2,1-2H3;2*1H3,(H,2,3,4)/q+2;;/p-2. The summed E-state index contributed by atoms with van der Waals surface area (Å²) in [7, 11) is -7.83. The maximum absolute atomic E-state index is 9.08. The van der Waals surface area contributed by atoms with Crippen molar-refractivity contribution in [2.24, 2.45) is 0 Å². The molecule has 0 saturated heterocycles. The van der Waals surface area contributed by atoms with E-state index in [2.05, 4.69) is 72.0 Å². The second kappa shape index (κ2) is 39.3. The molecular formula is C48H88N2O6S2. The van der Waals surface area contributed by atoms with Crippen LogP contribution in [0, 0.1) is 0 Å². The number of unbranched alkanes of at least 4 members (excludes halogenated alkanes) is 30. The van der Waals surface area contributed by atoms with Crippen molar-refractivity contribution in [3.05, 3.63) is 49.1 Å². The van der Waals surface area contributed by atoms with Crippen LogP contribution in [0.2, 0.25) is 0 Å². The highest BCUT2D eigenvalue weighted by molar-refractivity contribution is 7.85. The van der Waals surface area contributed by atoms with Gasteiger partial charge in [-0.05, 0) is 24.0 Å². The Balaban J connectivity index is 0.00000288. The Morgan fingerprint density at radius 3 is 0.672 bits per heavy atom. The fraction of sp³-hybridized carbons (Fsp3) is 0.792. The highest BCUT2D eigenvalue weighted by Crippen LogP contribution is 2.17. The lowest BCUT2D eigenvalue weighted by atomic mass is 10.0. The SMILES string of the molecule is CCCCCCCCCCCCCCCCCC[n+]1ccc(-c2cc[n+](CCCCCCCCCCCCCCCCCC)cc2)cc1.CS(=O)(=O)[O-].CS(=O)(=O)[O-]. The van der Waals surface area contributed by atoms with Crippen LogP contribution in [-0.4, -0.2) is 38.5 Å². The van der Waals surface area contributed by atoms with Crippen molar-refractivity contribution in [3.8, 4) is 11.1 Å². The molecule has 58 heavy (non-hydrogen) atoms. The van der Waals surface area contributed by atoms with Crippen molar-refractivity contribution in [2.45, 2.75) is 232 Å². The van der Waals surface area contributed by atoms with Crippen LogP contribution in [0.3, 0.4) is 0 Å². The number of pyridine rings is 2. The maximum atomic E-state index is 9.08. The average molecular weight is 853 g/mol. The molecule has 0 amide bonds. The van der Waals surface area contributed by atoms with Crippen molar-refractivity contribution in [2.75, 3.05) is 12.5 Å². The Morgan fingerprint density at radius 1 is 0.345 bits per heavy atom. The molecule has 0 unspecified atom stereocenters. The molecular weight excluding hydrogens is 765 g/mol. The largest absolute Gasteiger partial charge is 0.748 e. The Labute approximate surface area is 358 Å². The first-order chi connectivity index (χ1) is 27.8. The van der Waals surface area contributed by atoms with Gasteiger partial charge in [-0.25, -0.2) is 26.0 Å².